The predicted octanol–water partition coefficient (Wildman–Crippen LogP) is 2.60. The second-order valence-corrected chi connectivity index (χ2v) is 6.89. The Morgan fingerprint density at radius 1 is 1.15 bits per heavy atom. The van der Waals surface area contributed by atoms with Crippen LogP contribution in [0.3, 0.4) is 0 Å². The first kappa shape index (κ1) is 16.8. The van der Waals surface area contributed by atoms with Crippen LogP contribution >= 0.6 is 0 Å². The molecule has 1 aromatic heterocycles. The molecule has 3 heterocycles. The average molecular weight is 353 g/mol. The van der Waals surface area contributed by atoms with E-state index >= 15 is 0 Å². The van der Waals surface area contributed by atoms with E-state index in [1.54, 1.807) is 7.11 Å². The second-order valence-electron chi connectivity index (χ2n) is 6.89. The Labute approximate surface area is 153 Å². The molecule has 0 N–H and O–H groups in total. The van der Waals surface area contributed by atoms with Gasteiger partial charge in [0.15, 0.2) is 0 Å². The summed E-state index contributed by atoms with van der Waals surface area (Å²) in [5.74, 6) is 0.794. The van der Waals surface area contributed by atoms with Gasteiger partial charge in [0.25, 0.3) is 0 Å². The summed E-state index contributed by atoms with van der Waals surface area (Å²) in [6.45, 7) is 4.81. The lowest BCUT2D eigenvalue weighted by atomic mass is 10.1. The number of hydrogen-bond donors (Lipinski definition) is 0. The molecular weight excluding hydrogens is 330 g/mol. The van der Waals surface area contributed by atoms with Crippen LogP contribution in [0.4, 0.5) is 4.79 Å². The fourth-order valence-electron chi connectivity index (χ4n) is 3.83. The van der Waals surface area contributed by atoms with Crippen LogP contribution in [0, 0.1) is 6.92 Å². The van der Waals surface area contributed by atoms with Crippen molar-refractivity contribution in [2.45, 2.75) is 32.2 Å². The molecule has 2 aliphatic heterocycles. The number of amides is 1. The zero-order valence-electron chi connectivity index (χ0n) is 15.1. The topological polar surface area (TPSA) is 54.9 Å². The maximum absolute atomic E-state index is 12.3. The smallest absolute Gasteiger partial charge is 0.410 e. The van der Waals surface area contributed by atoms with Gasteiger partial charge in [-0.05, 0) is 25.1 Å². The maximum Gasteiger partial charge on any atom is 0.410 e. The van der Waals surface area contributed by atoms with E-state index in [-0.39, 0.29) is 18.2 Å². The first-order valence-electron chi connectivity index (χ1n) is 8.88. The SMILES string of the molecule is COc1ccccc1CN1C(=O)O[C@H]2CN(Cc3cccc(C)n3)C[C@H]21. The molecule has 2 aromatic rings. The fraction of sp³-hybridized carbons (Fsp3) is 0.400. The molecular formula is C20H23N3O3. The number of benzene rings is 1. The summed E-state index contributed by atoms with van der Waals surface area (Å²) in [4.78, 5) is 21.0. The summed E-state index contributed by atoms with van der Waals surface area (Å²) < 4.78 is 11.0. The summed E-state index contributed by atoms with van der Waals surface area (Å²) in [5, 5.41) is 0. The number of likely N-dealkylation sites (tertiary alicyclic amines) is 1. The normalized spacial score (nSPS) is 22.4. The Hall–Kier alpha value is -2.60. The first-order valence-corrected chi connectivity index (χ1v) is 8.88. The number of hydrogen-bond acceptors (Lipinski definition) is 5. The average Bonchev–Trinajstić information content (AvgIpc) is 3.13. The third kappa shape index (κ3) is 3.24. The van der Waals surface area contributed by atoms with Gasteiger partial charge in [-0.25, -0.2) is 4.79 Å². The summed E-state index contributed by atoms with van der Waals surface area (Å²) in [6.07, 6.45) is -0.318. The van der Waals surface area contributed by atoms with Crippen LogP contribution in [-0.4, -0.2) is 53.2 Å². The lowest BCUT2D eigenvalue weighted by Gasteiger charge is -2.23. The molecule has 2 atom stereocenters. The summed E-state index contributed by atoms with van der Waals surface area (Å²) in [7, 11) is 1.65. The van der Waals surface area contributed by atoms with Crippen LogP contribution in [0.2, 0.25) is 0 Å². The molecule has 0 unspecified atom stereocenters. The van der Waals surface area contributed by atoms with Crippen LogP contribution in [0.1, 0.15) is 17.0 Å². The van der Waals surface area contributed by atoms with Crippen molar-refractivity contribution >= 4 is 6.09 Å². The molecule has 1 amide bonds. The minimum atomic E-state index is -0.237. The number of nitrogens with zero attached hydrogens (tertiary/aromatic N) is 3. The molecule has 6 nitrogen and oxygen atoms in total. The molecule has 26 heavy (non-hydrogen) atoms. The summed E-state index contributed by atoms with van der Waals surface area (Å²) in [6, 6.07) is 13.9. The maximum atomic E-state index is 12.3. The van der Waals surface area contributed by atoms with Crippen LogP contribution < -0.4 is 4.74 Å². The zero-order chi connectivity index (χ0) is 18.1. The van der Waals surface area contributed by atoms with Gasteiger partial charge in [-0.3, -0.25) is 14.8 Å². The van der Waals surface area contributed by atoms with Crippen LogP contribution in [0.5, 0.6) is 5.75 Å². The number of rotatable bonds is 5. The molecule has 4 rings (SSSR count). The molecule has 2 fully saturated rings. The Bertz CT molecular complexity index is 810. The number of para-hydroxylation sites is 1. The molecule has 0 spiro atoms. The van der Waals surface area contributed by atoms with E-state index in [2.05, 4.69) is 9.88 Å². The van der Waals surface area contributed by atoms with Crippen LogP contribution in [0.25, 0.3) is 0 Å². The van der Waals surface area contributed by atoms with E-state index in [9.17, 15) is 4.79 Å². The third-order valence-corrected chi connectivity index (χ3v) is 5.06. The lowest BCUT2D eigenvalue weighted by molar-refractivity contribution is 0.119. The fourth-order valence-corrected chi connectivity index (χ4v) is 3.83. The molecule has 0 bridgehead atoms. The first-order chi connectivity index (χ1) is 12.6. The molecule has 0 radical (unpaired) electrons. The molecule has 0 aliphatic carbocycles. The van der Waals surface area contributed by atoms with Gasteiger partial charge in [0.05, 0.1) is 25.4 Å². The van der Waals surface area contributed by atoms with Crippen molar-refractivity contribution in [2.75, 3.05) is 20.2 Å². The van der Waals surface area contributed by atoms with E-state index in [4.69, 9.17) is 9.47 Å². The largest absolute Gasteiger partial charge is 0.496 e. The molecule has 2 aliphatic rings. The van der Waals surface area contributed by atoms with Crippen molar-refractivity contribution in [1.29, 1.82) is 0 Å². The minimum absolute atomic E-state index is 0.0669. The van der Waals surface area contributed by atoms with Crippen molar-refractivity contribution in [3.8, 4) is 5.75 Å². The van der Waals surface area contributed by atoms with Gasteiger partial charge in [0, 0.05) is 30.9 Å². The number of ether oxygens (including phenoxy) is 2. The number of carbonyl (C=O) groups is 1. The molecule has 2 saturated heterocycles. The monoisotopic (exact) mass is 353 g/mol. The molecule has 6 heteroatoms. The summed E-state index contributed by atoms with van der Waals surface area (Å²) in [5.41, 5.74) is 3.06. The van der Waals surface area contributed by atoms with E-state index < -0.39 is 0 Å². The Morgan fingerprint density at radius 2 is 2.00 bits per heavy atom. The second kappa shape index (κ2) is 6.96. The van der Waals surface area contributed by atoms with Crippen molar-refractivity contribution in [2.24, 2.45) is 0 Å². The molecule has 1 aromatic carbocycles. The highest BCUT2D eigenvalue weighted by Crippen LogP contribution is 2.31. The summed E-state index contributed by atoms with van der Waals surface area (Å²) >= 11 is 0. The van der Waals surface area contributed by atoms with Crippen molar-refractivity contribution < 1.29 is 14.3 Å². The Morgan fingerprint density at radius 3 is 2.81 bits per heavy atom. The highest BCUT2D eigenvalue weighted by atomic mass is 16.6. The van der Waals surface area contributed by atoms with Gasteiger partial charge in [-0.15, -0.1) is 0 Å². The van der Waals surface area contributed by atoms with Gasteiger partial charge in [0.2, 0.25) is 0 Å². The van der Waals surface area contributed by atoms with Gasteiger partial charge >= 0.3 is 6.09 Å². The standard InChI is InChI=1S/C20H23N3O3/c1-14-6-5-8-16(21-14)11-22-12-17-19(13-22)26-20(24)23(17)10-15-7-3-4-9-18(15)25-2/h3-9,17,19H,10-13H2,1-2H3/t17-,19+/m1/s1. The molecule has 136 valence electrons. The van der Waals surface area contributed by atoms with Crippen LogP contribution in [0.15, 0.2) is 42.5 Å². The number of aryl methyl sites for hydroxylation is 1. The Balaban J connectivity index is 1.46. The van der Waals surface area contributed by atoms with E-state index in [1.165, 1.54) is 0 Å². The van der Waals surface area contributed by atoms with Crippen molar-refractivity contribution in [1.82, 2.24) is 14.8 Å². The van der Waals surface area contributed by atoms with Crippen molar-refractivity contribution in [3.63, 3.8) is 0 Å². The quantitative estimate of drug-likeness (QED) is 0.827. The highest BCUT2D eigenvalue weighted by molar-refractivity contribution is 5.71. The number of aromatic nitrogens is 1. The van der Waals surface area contributed by atoms with Gasteiger partial charge in [-0.1, -0.05) is 24.3 Å². The number of methoxy groups -OCH3 is 1. The minimum Gasteiger partial charge on any atom is -0.496 e. The number of fused-ring (bicyclic) bond motifs is 1. The van der Waals surface area contributed by atoms with E-state index in [0.29, 0.717) is 6.54 Å². The zero-order valence-corrected chi connectivity index (χ0v) is 15.1. The van der Waals surface area contributed by atoms with E-state index in [0.717, 1.165) is 42.3 Å². The lowest BCUT2D eigenvalue weighted by Crippen LogP contribution is -2.37. The molecule has 0 saturated carbocycles. The highest BCUT2D eigenvalue weighted by Gasteiger charge is 2.47. The third-order valence-electron chi connectivity index (χ3n) is 5.06. The predicted molar refractivity (Wildman–Crippen MR) is 96.8 cm³/mol. The number of carbonyl (C=O) groups excluding carboxylic acids is 1. The van der Waals surface area contributed by atoms with Gasteiger partial charge in [0.1, 0.15) is 11.9 Å². The van der Waals surface area contributed by atoms with Crippen molar-refractivity contribution in [3.05, 3.63) is 59.4 Å². The van der Waals surface area contributed by atoms with Gasteiger partial charge < -0.3 is 9.47 Å². The van der Waals surface area contributed by atoms with E-state index in [1.807, 2.05) is 54.3 Å². The van der Waals surface area contributed by atoms with Crippen LogP contribution in [-0.2, 0) is 17.8 Å². The number of pyridine rings is 1. The Kier molecular flexibility index (Phi) is 4.51. The van der Waals surface area contributed by atoms with Gasteiger partial charge in [-0.2, -0.15) is 0 Å².